The van der Waals surface area contributed by atoms with Gasteiger partial charge < -0.3 is 5.84 Å². The first-order valence-corrected chi connectivity index (χ1v) is 4.64. The van der Waals surface area contributed by atoms with E-state index in [0.29, 0.717) is 5.71 Å². The van der Waals surface area contributed by atoms with Gasteiger partial charge in [0.2, 0.25) is 0 Å². The summed E-state index contributed by atoms with van der Waals surface area (Å²) in [4.78, 5) is 11.9. The van der Waals surface area contributed by atoms with Crippen LogP contribution in [0.3, 0.4) is 0 Å². The van der Waals surface area contributed by atoms with Crippen molar-refractivity contribution in [3.05, 3.63) is 0 Å². The van der Waals surface area contributed by atoms with E-state index in [0.717, 1.165) is 12.8 Å². The average Bonchev–Trinajstić information content (AvgIpc) is 2.00. The molecule has 1 fully saturated rings. The number of nitrogens with two attached hydrogens (primary N) is 1. The van der Waals surface area contributed by atoms with Gasteiger partial charge in [-0.25, -0.2) is 0 Å². The average molecular weight is 182 g/mol. The fourth-order valence-corrected chi connectivity index (χ4v) is 1.72. The standard InChI is InChI=1S/C10H18N2O/c1-9(2)5-6-10(3,4)8(13)7(9)12-11/h5-6,11H2,1-4H3. The Morgan fingerprint density at radius 2 is 1.62 bits per heavy atom. The molecule has 0 saturated heterocycles. The Morgan fingerprint density at radius 3 is 2.00 bits per heavy atom. The lowest BCUT2D eigenvalue weighted by molar-refractivity contribution is -0.122. The van der Waals surface area contributed by atoms with Crippen molar-refractivity contribution in [1.82, 2.24) is 0 Å². The molecule has 0 unspecified atom stereocenters. The summed E-state index contributed by atoms with van der Waals surface area (Å²) in [7, 11) is 0. The number of rotatable bonds is 0. The molecule has 0 spiro atoms. The van der Waals surface area contributed by atoms with Gasteiger partial charge in [-0.05, 0) is 12.8 Å². The number of carbonyl (C=O) groups is 1. The molecule has 2 N–H and O–H groups in total. The van der Waals surface area contributed by atoms with Crippen molar-refractivity contribution in [3.8, 4) is 0 Å². The van der Waals surface area contributed by atoms with Gasteiger partial charge in [-0.15, -0.1) is 0 Å². The Kier molecular flexibility index (Phi) is 2.22. The van der Waals surface area contributed by atoms with E-state index in [1.807, 2.05) is 27.7 Å². The molecule has 0 radical (unpaired) electrons. The molecular weight excluding hydrogens is 164 g/mol. The molecule has 3 heteroatoms. The molecule has 1 saturated carbocycles. The van der Waals surface area contributed by atoms with Crippen molar-refractivity contribution >= 4 is 11.5 Å². The van der Waals surface area contributed by atoms with Crippen molar-refractivity contribution in [2.45, 2.75) is 40.5 Å². The zero-order valence-corrected chi connectivity index (χ0v) is 8.85. The summed E-state index contributed by atoms with van der Waals surface area (Å²) in [6, 6.07) is 0. The second-order valence-corrected chi connectivity index (χ2v) is 5.07. The highest BCUT2D eigenvalue weighted by atomic mass is 16.1. The third-order valence-electron chi connectivity index (χ3n) is 2.97. The van der Waals surface area contributed by atoms with Crippen LogP contribution in [0.1, 0.15) is 40.5 Å². The molecule has 1 aliphatic rings. The first kappa shape index (κ1) is 10.2. The first-order valence-electron chi connectivity index (χ1n) is 4.64. The molecule has 0 aromatic rings. The summed E-state index contributed by atoms with van der Waals surface area (Å²) in [5.41, 5.74) is 0.110. The van der Waals surface area contributed by atoms with E-state index < -0.39 is 0 Å². The lowest BCUT2D eigenvalue weighted by atomic mass is 9.65. The Hall–Kier alpha value is -0.860. The van der Waals surface area contributed by atoms with E-state index in [1.165, 1.54) is 0 Å². The zero-order chi connectivity index (χ0) is 10.3. The number of Topliss-reactive ketones (excluding diaryl/α,β-unsaturated/α-hetero) is 1. The minimum absolute atomic E-state index is 0.103. The summed E-state index contributed by atoms with van der Waals surface area (Å²) in [5, 5.41) is 3.64. The number of carbonyl (C=O) groups excluding carboxylic acids is 1. The fourth-order valence-electron chi connectivity index (χ4n) is 1.72. The Bertz CT molecular complexity index is 264. The predicted octanol–water partition coefficient (Wildman–Crippen LogP) is 1.72. The summed E-state index contributed by atoms with van der Waals surface area (Å²) < 4.78 is 0. The van der Waals surface area contributed by atoms with Crippen molar-refractivity contribution in [2.75, 3.05) is 0 Å². The minimum Gasteiger partial charge on any atom is -0.323 e. The van der Waals surface area contributed by atoms with Crippen LogP contribution in [-0.4, -0.2) is 11.5 Å². The van der Waals surface area contributed by atoms with Gasteiger partial charge in [-0.2, -0.15) is 5.10 Å². The largest absolute Gasteiger partial charge is 0.323 e. The number of hydrogen-bond donors (Lipinski definition) is 1. The van der Waals surface area contributed by atoms with E-state index in [4.69, 9.17) is 5.84 Å². The van der Waals surface area contributed by atoms with E-state index in [-0.39, 0.29) is 16.6 Å². The maximum absolute atomic E-state index is 11.9. The maximum atomic E-state index is 11.9. The van der Waals surface area contributed by atoms with Crippen LogP contribution >= 0.6 is 0 Å². The first-order chi connectivity index (χ1) is 5.81. The van der Waals surface area contributed by atoms with Crippen LogP contribution in [-0.2, 0) is 4.79 Å². The summed E-state index contributed by atoms with van der Waals surface area (Å²) in [6.07, 6.45) is 1.89. The normalized spacial score (nSPS) is 29.2. The molecular formula is C10H18N2O. The summed E-state index contributed by atoms with van der Waals surface area (Å²) in [6.45, 7) is 7.95. The number of hydrogen-bond acceptors (Lipinski definition) is 3. The zero-order valence-electron chi connectivity index (χ0n) is 8.85. The molecule has 0 atom stereocenters. The molecule has 0 aromatic carbocycles. The van der Waals surface area contributed by atoms with Gasteiger partial charge in [0.1, 0.15) is 5.71 Å². The molecule has 0 amide bonds. The third-order valence-corrected chi connectivity index (χ3v) is 2.97. The smallest absolute Gasteiger partial charge is 0.184 e. The van der Waals surface area contributed by atoms with Crippen molar-refractivity contribution < 1.29 is 4.79 Å². The molecule has 0 heterocycles. The van der Waals surface area contributed by atoms with Crippen molar-refractivity contribution in [3.63, 3.8) is 0 Å². The fraction of sp³-hybridized carbons (Fsp3) is 0.800. The SMILES string of the molecule is CC1(C)CCC(C)(C)C(=NN)C1=O. The predicted molar refractivity (Wildman–Crippen MR) is 53.4 cm³/mol. The molecule has 1 rings (SSSR count). The molecule has 1 aliphatic carbocycles. The van der Waals surface area contributed by atoms with Gasteiger partial charge in [0.15, 0.2) is 5.78 Å². The van der Waals surface area contributed by atoms with E-state index >= 15 is 0 Å². The lowest BCUT2D eigenvalue weighted by Gasteiger charge is -2.38. The van der Waals surface area contributed by atoms with Crippen LogP contribution in [0.2, 0.25) is 0 Å². The minimum atomic E-state index is -0.284. The van der Waals surface area contributed by atoms with Gasteiger partial charge in [0.05, 0.1) is 0 Å². The Labute approximate surface area is 79.4 Å². The maximum Gasteiger partial charge on any atom is 0.184 e. The van der Waals surface area contributed by atoms with E-state index in [2.05, 4.69) is 5.10 Å². The summed E-state index contributed by atoms with van der Waals surface area (Å²) in [5.74, 6) is 5.36. The molecule has 0 aromatic heterocycles. The van der Waals surface area contributed by atoms with E-state index in [9.17, 15) is 4.79 Å². The van der Waals surface area contributed by atoms with Gasteiger partial charge in [-0.1, -0.05) is 27.7 Å². The highest BCUT2D eigenvalue weighted by molar-refractivity contribution is 6.43. The highest BCUT2D eigenvalue weighted by Crippen LogP contribution is 2.40. The molecule has 74 valence electrons. The van der Waals surface area contributed by atoms with Gasteiger partial charge in [0, 0.05) is 10.8 Å². The number of nitrogens with zero attached hydrogens (tertiary/aromatic N) is 1. The quantitative estimate of drug-likeness (QED) is 0.458. The van der Waals surface area contributed by atoms with Gasteiger partial charge >= 0.3 is 0 Å². The van der Waals surface area contributed by atoms with Crippen molar-refractivity contribution in [2.24, 2.45) is 21.8 Å². The highest BCUT2D eigenvalue weighted by Gasteiger charge is 2.44. The molecule has 3 nitrogen and oxygen atoms in total. The van der Waals surface area contributed by atoms with Crippen LogP contribution in [0.4, 0.5) is 0 Å². The number of hydrazone groups is 1. The monoisotopic (exact) mass is 182 g/mol. The molecule has 0 aliphatic heterocycles. The van der Waals surface area contributed by atoms with Crippen LogP contribution in [0, 0.1) is 10.8 Å². The van der Waals surface area contributed by atoms with Crippen molar-refractivity contribution in [1.29, 1.82) is 0 Å². The Morgan fingerprint density at radius 1 is 1.15 bits per heavy atom. The summed E-state index contributed by atoms with van der Waals surface area (Å²) >= 11 is 0. The van der Waals surface area contributed by atoms with Gasteiger partial charge in [-0.3, -0.25) is 4.79 Å². The van der Waals surface area contributed by atoms with Gasteiger partial charge in [0.25, 0.3) is 0 Å². The molecule has 13 heavy (non-hydrogen) atoms. The number of ketones is 1. The topological polar surface area (TPSA) is 55.4 Å². The van der Waals surface area contributed by atoms with Crippen LogP contribution in [0.5, 0.6) is 0 Å². The lowest BCUT2D eigenvalue weighted by Crippen LogP contribution is -2.46. The van der Waals surface area contributed by atoms with Crippen LogP contribution in [0.15, 0.2) is 5.10 Å². The second-order valence-electron chi connectivity index (χ2n) is 5.07. The Balaban J connectivity index is 3.07. The van der Waals surface area contributed by atoms with E-state index in [1.54, 1.807) is 0 Å². The second kappa shape index (κ2) is 2.82. The molecule has 0 bridgehead atoms. The van der Waals surface area contributed by atoms with Crippen LogP contribution in [0.25, 0.3) is 0 Å². The third kappa shape index (κ3) is 1.60. The van der Waals surface area contributed by atoms with Crippen LogP contribution < -0.4 is 5.84 Å².